The fourth-order valence-corrected chi connectivity index (χ4v) is 3.82. The van der Waals surface area contributed by atoms with Gasteiger partial charge in [0.05, 0.1) is 6.07 Å². The number of nitriles is 1. The second kappa shape index (κ2) is 7.32. The highest BCUT2D eigenvalue weighted by Gasteiger charge is 2.37. The van der Waals surface area contributed by atoms with Crippen molar-refractivity contribution in [2.45, 2.75) is 26.2 Å². The summed E-state index contributed by atoms with van der Waals surface area (Å²) in [4.78, 5) is 0. The fraction of sp³-hybridized carbons (Fsp3) is 0.261. The highest BCUT2D eigenvalue weighted by molar-refractivity contribution is 5.33. The van der Waals surface area contributed by atoms with Crippen LogP contribution in [0.25, 0.3) is 0 Å². The minimum atomic E-state index is -0.0444. The third-order valence-electron chi connectivity index (χ3n) is 4.91. The van der Waals surface area contributed by atoms with E-state index in [1.807, 2.05) is 0 Å². The van der Waals surface area contributed by atoms with Crippen molar-refractivity contribution in [2.75, 3.05) is 0 Å². The summed E-state index contributed by atoms with van der Waals surface area (Å²) in [6, 6.07) is 23.7. The largest absolute Gasteiger partial charge is 0.198 e. The van der Waals surface area contributed by atoms with Gasteiger partial charge in [-0.25, -0.2) is 0 Å². The van der Waals surface area contributed by atoms with Crippen LogP contribution in [-0.4, -0.2) is 0 Å². The van der Waals surface area contributed by atoms with E-state index in [9.17, 15) is 5.26 Å². The Bertz CT molecular complexity index is 721. The minimum absolute atomic E-state index is 0.0444. The van der Waals surface area contributed by atoms with Gasteiger partial charge in [0, 0.05) is 11.8 Å². The molecule has 1 nitrogen and oxygen atoms in total. The second-order valence-electron chi connectivity index (χ2n) is 6.77. The van der Waals surface area contributed by atoms with E-state index in [0.29, 0.717) is 6.42 Å². The molecule has 1 atom stereocenters. The Morgan fingerprint density at radius 2 is 1.46 bits per heavy atom. The van der Waals surface area contributed by atoms with Crippen molar-refractivity contribution < 1.29 is 0 Å². The van der Waals surface area contributed by atoms with Crippen LogP contribution < -0.4 is 0 Å². The summed E-state index contributed by atoms with van der Waals surface area (Å²) >= 11 is 0. The molecular formula is C23H23N. The normalized spacial score (nSPS) is 18.7. The first-order valence-electron chi connectivity index (χ1n) is 8.54. The van der Waals surface area contributed by atoms with Crippen LogP contribution in [0.3, 0.4) is 0 Å². The summed E-state index contributed by atoms with van der Waals surface area (Å²) in [6.07, 6.45) is 9.27. The van der Waals surface area contributed by atoms with Crippen LogP contribution in [0.15, 0.2) is 84.5 Å². The Labute approximate surface area is 145 Å². The van der Waals surface area contributed by atoms with Gasteiger partial charge in [-0.05, 0) is 36.8 Å². The molecule has 0 radical (unpaired) electrons. The molecule has 2 aromatic carbocycles. The van der Waals surface area contributed by atoms with Crippen LogP contribution in [0.5, 0.6) is 0 Å². The van der Waals surface area contributed by atoms with E-state index in [1.54, 1.807) is 0 Å². The molecule has 0 heterocycles. The molecule has 0 spiro atoms. The summed E-state index contributed by atoms with van der Waals surface area (Å²) in [5.74, 6) is 0.242. The molecule has 0 saturated carbocycles. The Balaban J connectivity index is 2.02. The molecule has 2 aromatic rings. The van der Waals surface area contributed by atoms with Crippen LogP contribution in [0, 0.1) is 22.7 Å². The van der Waals surface area contributed by atoms with Gasteiger partial charge in [0.2, 0.25) is 0 Å². The Morgan fingerprint density at radius 3 is 1.96 bits per heavy atom. The lowest BCUT2D eigenvalue weighted by atomic mass is 9.64. The van der Waals surface area contributed by atoms with E-state index in [0.717, 1.165) is 12.8 Å². The van der Waals surface area contributed by atoms with Crippen LogP contribution in [0.4, 0.5) is 0 Å². The van der Waals surface area contributed by atoms with Gasteiger partial charge in [-0.3, -0.25) is 0 Å². The maximum absolute atomic E-state index is 9.34. The van der Waals surface area contributed by atoms with Gasteiger partial charge in [0.25, 0.3) is 0 Å². The molecule has 0 aliphatic heterocycles. The number of rotatable bonds is 5. The number of nitrogens with zero attached hydrogens (tertiary/aromatic N) is 1. The molecule has 24 heavy (non-hydrogen) atoms. The fourth-order valence-electron chi connectivity index (χ4n) is 3.82. The summed E-state index contributed by atoms with van der Waals surface area (Å²) in [7, 11) is 0. The first-order chi connectivity index (χ1) is 11.7. The molecular weight excluding hydrogens is 290 g/mol. The Kier molecular flexibility index (Phi) is 4.96. The maximum Gasteiger partial charge on any atom is 0.0628 e. The van der Waals surface area contributed by atoms with Crippen LogP contribution in [-0.2, 0) is 12.8 Å². The van der Waals surface area contributed by atoms with Gasteiger partial charge in [0.1, 0.15) is 0 Å². The third-order valence-corrected chi connectivity index (χ3v) is 4.91. The van der Waals surface area contributed by atoms with Crippen molar-refractivity contribution in [1.82, 2.24) is 0 Å². The molecule has 1 aliphatic rings. The van der Waals surface area contributed by atoms with E-state index in [2.05, 4.69) is 91.9 Å². The average molecular weight is 313 g/mol. The number of allylic oxidation sites excluding steroid dienone is 4. The van der Waals surface area contributed by atoms with Crippen LogP contribution in [0.2, 0.25) is 0 Å². The topological polar surface area (TPSA) is 23.8 Å². The summed E-state index contributed by atoms with van der Waals surface area (Å²) in [5.41, 5.74) is 3.90. The predicted octanol–water partition coefficient (Wildman–Crippen LogP) is 5.50. The molecule has 0 aromatic heterocycles. The van der Waals surface area contributed by atoms with E-state index >= 15 is 0 Å². The average Bonchev–Trinajstić information content (AvgIpc) is 2.59. The summed E-state index contributed by atoms with van der Waals surface area (Å²) < 4.78 is 0. The van der Waals surface area contributed by atoms with E-state index < -0.39 is 0 Å². The molecule has 0 saturated heterocycles. The second-order valence-corrected chi connectivity index (χ2v) is 6.77. The highest BCUT2D eigenvalue weighted by Crippen LogP contribution is 2.43. The number of benzene rings is 2. The lowest BCUT2D eigenvalue weighted by Gasteiger charge is -2.39. The van der Waals surface area contributed by atoms with Gasteiger partial charge < -0.3 is 0 Å². The van der Waals surface area contributed by atoms with Crippen molar-refractivity contribution in [1.29, 1.82) is 5.26 Å². The quantitative estimate of drug-likeness (QED) is 0.714. The van der Waals surface area contributed by atoms with Crippen molar-refractivity contribution >= 4 is 0 Å². The molecule has 1 unspecified atom stereocenters. The van der Waals surface area contributed by atoms with Crippen LogP contribution in [0.1, 0.15) is 24.5 Å². The Morgan fingerprint density at radius 1 is 0.917 bits per heavy atom. The maximum atomic E-state index is 9.34. The molecule has 3 rings (SSSR count). The third kappa shape index (κ3) is 3.66. The molecule has 1 heteroatoms. The molecule has 0 bridgehead atoms. The van der Waals surface area contributed by atoms with Gasteiger partial charge in [-0.1, -0.05) is 84.5 Å². The SMILES string of the molecule is CC1=CC(Cc2ccccc2)(Cc2ccccc2)C(CC#N)C=C1. The standard InChI is InChI=1S/C23H23N/c1-19-12-13-22(14-15-24)23(16-19,17-20-8-4-2-5-9-20)18-21-10-6-3-7-11-21/h2-13,16,22H,14,17-18H2,1H3. The highest BCUT2D eigenvalue weighted by atomic mass is 14.4. The van der Waals surface area contributed by atoms with Crippen molar-refractivity contribution in [3.8, 4) is 6.07 Å². The monoisotopic (exact) mass is 313 g/mol. The molecule has 0 fully saturated rings. The first kappa shape index (κ1) is 16.3. The van der Waals surface area contributed by atoms with Crippen LogP contribution >= 0.6 is 0 Å². The zero-order valence-corrected chi connectivity index (χ0v) is 14.2. The van der Waals surface area contributed by atoms with Crippen molar-refractivity contribution in [3.05, 3.63) is 95.6 Å². The molecule has 1 aliphatic carbocycles. The van der Waals surface area contributed by atoms with E-state index in [4.69, 9.17) is 0 Å². The van der Waals surface area contributed by atoms with Gasteiger partial charge >= 0.3 is 0 Å². The number of hydrogen-bond acceptors (Lipinski definition) is 1. The predicted molar refractivity (Wildman–Crippen MR) is 99.3 cm³/mol. The van der Waals surface area contributed by atoms with Crippen molar-refractivity contribution in [3.63, 3.8) is 0 Å². The smallest absolute Gasteiger partial charge is 0.0628 e. The Hall–Kier alpha value is -2.59. The minimum Gasteiger partial charge on any atom is -0.198 e. The van der Waals surface area contributed by atoms with E-state index in [-0.39, 0.29) is 11.3 Å². The molecule has 0 N–H and O–H groups in total. The van der Waals surface area contributed by atoms with E-state index in [1.165, 1.54) is 16.7 Å². The molecule has 120 valence electrons. The van der Waals surface area contributed by atoms with Gasteiger partial charge in [-0.2, -0.15) is 5.26 Å². The zero-order valence-electron chi connectivity index (χ0n) is 14.2. The molecule has 0 amide bonds. The van der Waals surface area contributed by atoms with Gasteiger partial charge in [-0.15, -0.1) is 0 Å². The van der Waals surface area contributed by atoms with Gasteiger partial charge in [0.15, 0.2) is 0 Å². The van der Waals surface area contributed by atoms with Crippen molar-refractivity contribution in [2.24, 2.45) is 11.3 Å². The summed E-state index contributed by atoms with van der Waals surface area (Å²) in [6.45, 7) is 2.16. The zero-order chi connectivity index (χ0) is 16.8. The first-order valence-corrected chi connectivity index (χ1v) is 8.54. The lowest BCUT2D eigenvalue weighted by Crippen LogP contribution is -2.34. The summed E-state index contributed by atoms with van der Waals surface area (Å²) in [5, 5.41) is 9.34. The lowest BCUT2D eigenvalue weighted by molar-refractivity contribution is 0.268. The number of hydrogen-bond donors (Lipinski definition) is 0.